The molecule has 1 aliphatic carbocycles. The van der Waals surface area contributed by atoms with Gasteiger partial charge >= 0.3 is 0 Å². The molecule has 30 heavy (non-hydrogen) atoms. The number of nitrogens with zero attached hydrogens (tertiary/aromatic N) is 3. The molecular weight excluding hydrogens is 374 g/mol. The lowest BCUT2D eigenvalue weighted by atomic mass is 10.1. The van der Waals surface area contributed by atoms with Gasteiger partial charge in [0.15, 0.2) is 0 Å². The third kappa shape index (κ3) is 4.30. The first-order valence-electron chi connectivity index (χ1n) is 10.9. The van der Waals surface area contributed by atoms with Gasteiger partial charge < -0.3 is 4.90 Å². The third-order valence-corrected chi connectivity index (χ3v) is 5.99. The van der Waals surface area contributed by atoms with Crippen LogP contribution < -0.4 is 5.56 Å². The molecule has 0 saturated heterocycles. The maximum Gasteiger partial charge on any atom is 0.261 e. The van der Waals surface area contributed by atoms with Crippen LogP contribution in [-0.2, 0) is 17.8 Å². The lowest BCUT2D eigenvalue weighted by Gasteiger charge is -2.29. The van der Waals surface area contributed by atoms with Crippen LogP contribution in [0.1, 0.15) is 57.0 Å². The summed E-state index contributed by atoms with van der Waals surface area (Å²) in [5.74, 6) is 0.844. The number of benzene rings is 2. The van der Waals surface area contributed by atoms with Gasteiger partial charge in [0.1, 0.15) is 5.82 Å². The fraction of sp³-hybridized carbons (Fsp3) is 0.400. The van der Waals surface area contributed by atoms with E-state index in [4.69, 9.17) is 4.98 Å². The van der Waals surface area contributed by atoms with E-state index in [0.29, 0.717) is 30.3 Å². The Morgan fingerprint density at radius 1 is 1.13 bits per heavy atom. The molecule has 0 aliphatic heterocycles. The normalized spacial score (nSPS) is 14.6. The quantitative estimate of drug-likeness (QED) is 0.557. The van der Waals surface area contributed by atoms with Crippen molar-refractivity contribution in [3.63, 3.8) is 0 Å². The number of rotatable bonds is 8. The maximum absolute atomic E-state index is 13.2. The topological polar surface area (TPSA) is 55.2 Å². The number of para-hydroxylation sites is 1. The highest BCUT2D eigenvalue weighted by molar-refractivity contribution is 5.78. The first-order chi connectivity index (χ1) is 14.6. The maximum atomic E-state index is 13.2. The molecule has 0 N–H and O–H groups in total. The van der Waals surface area contributed by atoms with E-state index < -0.39 is 0 Å². The van der Waals surface area contributed by atoms with Crippen LogP contribution in [0.3, 0.4) is 0 Å². The van der Waals surface area contributed by atoms with Crippen molar-refractivity contribution in [1.82, 2.24) is 14.5 Å². The molecule has 5 heteroatoms. The third-order valence-electron chi connectivity index (χ3n) is 5.99. The van der Waals surface area contributed by atoms with E-state index in [1.165, 1.54) is 0 Å². The largest absolute Gasteiger partial charge is 0.336 e. The highest BCUT2D eigenvalue weighted by Crippen LogP contribution is 2.35. The molecule has 1 heterocycles. The van der Waals surface area contributed by atoms with Crippen molar-refractivity contribution in [2.75, 3.05) is 0 Å². The van der Waals surface area contributed by atoms with Crippen LogP contribution in [0.15, 0.2) is 59.4 Å². The highest BCUT2D eigenvalue weighted by Gasteiger charge is 2.29. The van der Waals surface area contributed by atoms with Gasteiger partial charge in [-0.15, -0.1) is 0 Å². The molecule has 1 amide bonds. The number of carbonyl (C=O) groups excluding carboxylic acids is 1. The summed E-state index contributed by atoms with van der Waals surface area (Å²) in [5.41, 5.74) is 1.86. The van der Waals surface area contributed by atoms with Crippen LogP contribution in [-0.4, -0.2) is 26.4 Å². The number of amides is 1. The van der Waals surface area contributed by atoms with Gasteiger partial charge in [0.25, 0.3) is 5.56 Å². The van der Waals surface area contributed by atoms with Gasteiger partial charge in [-0.3, -0.25) is 14.2 Å². The van der Waals surface area contributed by atoms with Crippen LogP contribution in [0.25, 0.3) is 10.9 Å². The van der Waals surface area contributed by atoms with Gasteiger partial charge in [-0.2, -0.15) is 0 Å². The fourth-order valence-corrected chi connectivity index (χ4v) is 3.93. The lowest BCUT2D eigenvalue weighted by Crippen LogP contribution is -2.38. The molecular formula is C25H29N3O2. The van der Waals surface area contributed by atoms with E-state index in [1.54, 1.807) is 0 Å². The zero-order chi connectivity index (χ0) is 21.1. The predicted octanol–water partition coefficient (Wildman–Crippen LogP) is 4.49. The zero-order valence-electron chi connectivity index (χ0n) is 17.8. The van der Waals surface area contributed by atoms with E-state index in [1.807, 2.05) is 51.9 Å². The van der Waals surface area contributed by atoms with Crippen molar-refractivity contribution < 1.29 is 4.79 Å². The second kappa shape index (κ2) is 8.82. The molecule has 1 atom stereocenters. The Labute approximate surface area is 177 Å². The summed E-state index contributed by atoms with van der Waals surface area (Å²) in [6, 6.07) is 18.0. The van der Waals surface area contributed by atoms with Crippen molar-refractivity contribution in [2.24, 2.45) is 0 Å². The highest BCUT2D eigenvalue weighted by atomic mass is 16.2. The molecule has 1 aromatic heterocycles. The molecule has 0 spiro atoms. The number of aryl methyl sites for hydroxylation is 1. The monoisotopic (exact) mass is 403 g/mol. The molecule has 1 fully saturated rings. The van der Waals surface area contributed by atoms with E-state index in [-0.39, 0.29) is 23.6 Å². The van der Waals surface area contributed by atoms with Crippen LogP contribution >= 0.6 is 0 Å². The van der Waals surface area contributed by atoms with Gasteiger partial charge in [-0.05, 0) is 43.9 Å². The Morgan fingerprint density at radius 2 is 1.83 bits per heavy atom. The van der Waals surface area contributed by atoms with E-state index in [9.17, 15) is 9.59 Å². The Balaban J connectivity index is 1.57. The molecule has 1 unspecified atom stereocenters. The minimum Gasteiger partial charge on any atom is -0.336 e. The van der Waals surface area contributed by atoms with Crippen molar-refractivity contribution >= 4 is 16.8 Å². The standard InChI is InChI=1S/C25H29N3O2/c1-3-18(2)27(17-19-9-5-4-6-10-19)24(29)16-15-23-26-22-12-8-7-11-21(22)25(30)28(23)20-13-14-20/h4-12,18,20H,3,13-17H2,1-2H3. The SMILES string of the molecule is CCC(C)N(Cc1ccccc1)C(=O)CCc1nc2ccccc2c(=O)n1C1CC1. The van der Waals surface area contributed by atoms with Crippen LogP contribution in [0.4, 0.5) is 0 Å². The van der Waals surface area contributed by atoms with Gasteiger partial charge in [0, 0.05) is 31.5 Å². The van der Waals surface area contributed by atoms with Crippen LogP contribution in [0, 0.1) is 0 Å². The Hall–Kier alpha value is -2.95. The summed E-state index contributed by atoms with van der Waals surface area (Å²) in [5, 5.41) is 0.657. The molecule has 5 nitrogen and oxygen atoms in total. The summed E-state index contributed by atoms with van der Waals surface area (Å²) in [4.78, 5) is 32.9. The van der Waals surface area contributed by atoms with Crippen molar-refractivity contribution in [2.45, 2.75) is 64.6 Å². The van der Waals surface area contributed by atoms with Gasteiger partial charge in [-0.25, -0.2) is 4.98 Å². The van der Waals surface area contributed by atoms with Gasteiger partial charge in [-0.1, -0.05) is 49.4 Å². The first-order valence-corrected chi connectivity index (χ1v) is 10.9. The van der Waals surface area contributed by atoms with Crippen molar-refractivity contribution in [3.05, 3.63) is 76.3 Å². The molecule has 3 aromatic rings. The second-order valence-corrected chi connectivity index (χ2v) is 8.22. The predicted molar refractivity (Wildman–Crippen MR) is 119 cm³/mol. The molecule has 1 aliphatic rings. The summed E-state index contributed by atoms with van der Waals surface area (Å²) in [6.07, 6.45) is 3.76. The number of hydrogen-bond acceptors (Lipinski definition) is 3. The first kappa shape index (κ1) is 20.3. The smallest absolute Gasteiger partial charge is 0.261 e. The molecule has 2 aromatic carbocycles. The van der Waals surface area contributed by atoms with Crippen LogP contribution in [0.2, 0.25) is 0 Å². The lowest BCUT2D eigenvalue weighted by molar-refractivity contribution is -0.134. The average molecular weight is 404 g/mol. The minimum atomic E-state index is 0.0219. The number of fused-ring (bicyclic) bond motifs is 1. The number of hydrogen-bond donors (Lipinski definition) is 0. The Kier molecular flexibility index (Phi) is 5.98. The fourth-order valence-electron chi connectivity index (χ4n) is 3.93. The average Bonchev–Trinajstić information content (AvgIpc) is 3.61. The molecule has 4 rings (SSSR count). The van der Waals surface area contributed by atoms with Crippen molar-refractivity contribution in [3.8, 4) is 0 Å². The zero-order valence-corrected chi connectivity index (χ0v) is 17.8. The second-order valence-electron chi connectivity index (χ2n) is 8.22. The molecule has 156 valence electrons. The molecule has 0 bridgehead atoms. The van der Waals surface area contributed by atoms with E-state index in [2.05, 4.69) is 26.0 Å². The van der Waals surface area contributed by atoms with Gasteiger partial charge in [0.05, 0.1) is 10.9 Å². The van der Waals surface area contributed by atoms with Gasteiger partial charge in [0.2, 0.25) is 5.91 Å². The Morgan fingerprint density at radius 3 is 2.53 bits per heavy atom. The van der Waals surface area contributed by atoms with Crippen LogP contribution in [0.5, 0.6) is 0 Å². The van der Waals surface area contributed by atoms with Crippen molar-refractivity contribution in [1.29, 1.82) is 0 Å². The summed E-state index contributed by atoms with van der Waals surface area (Å²) in [6.45, 7) is 4.80. The number of aromatic nitrogens is 2. The summed E-state index contributed by atoms with van der Waals surface area (Å²) >= 11 is 0. The number of carbonyl (C=O) groups is 1. The molecule has 1 saturated carbocycles. The van der Waals surface area contributed by atoms with E-state index in [0.717, 1.165) is 30.7 Å². The molecule has 0 radical (unpaired) electrons. The minimum absolute atomic E-state index is 0.0219. The summed E-state index contributed by atoms with van der Waals surface area (Å²) < 4.78 is 1.83. The Bertz CT molecular complexity index is 1090. The summed E-state index contributed by atoms with van der Waals surface area (Å²) in [7, 11) is 0. The van der Waals surface area contributed by atoms with E-state index >= 15 is 0 Å².